The molecule has 0 fully saturated rings. The van der Waals surface area contributed by atoms with E-state index in [0.29, 0.717) is 10.4 Å². The van der Waals surface area contributed by atoms with Crippen LogP contribution >= 0.6 is 11.3 Å². The number of carbonyl (C=O) groups is 1. The molecule has 0 radical (unpaired) electrons. The maximum absolute atomic E-state index is 10.5. The van der Waals surface area contributed by atoms with Gasteiger partial charge in [0.15, 0.2) is 0 Å². The van der Waals surface area contributed by atoms with Crippen LogP contribution in [0.1, 0.15) is 23.0 Å². The van der Waals surface area contributed by atoms with Crippen molar-refractivity contribution in [2.24, 2.45) is 5.73 Å². The van der Waals surface area contributed by atoms with E-state index in [1.165, 1.54) is 17.4 Å². The molecule has 0 spiro atoms. The Bertz CT molecular complexity index is 396. The van der Waals surface area contributed by atoms with Gasteiger partial charge in [0.2, 0.25) is 5.91 Å². The van der Waals surface area contributed by atoms with Gasteiger partial charge in [0.05, 0.1) is 12.5 Å². The number of aliphatic hydroxyl groups excluding tert-OH is 2. The molecule has 6 heteroatoms. The van der Waals surface area contributed by atoms with E-state index in [2.05, 4.69) is 0 Å². The van der Waals surface area contributed by atoms with Crippen LogP contribution in [0.4, 0.5) is 0 Å². The summed E-state index contributed by atoms with van der Waals surface area (Å²) in [5, 5.41) is 29.1. The third-order valence-corrected chi connectivity index (χ3v) is 2.70. The minimum absolute atomic E-state index is 0.307. The molecule has 1 amide bonds. The van der Waals surface area contributed by atoms with Crippen LogP contribution in [-0.4, -0.2) is 22.2 Å². The molecule has 1 heterocycles. The van der Waals surface area contributed by atoms with Gasteiger partial charge in [-0.2, -0.15) is 5.26 Å². The molecule has 1 aromatic heterocycles. The first-order valence-corrected chi connectivity index (χ1v) is 5.05. The molecule has 0 aromatic carbocycles. The van der Waals surface area contributed by atoms with Gasteiger partial charge in [0.25, 0.3) is 0 Å². The Morgan fingerprint density at radius 2 is 2.33 bits per heavy atom. The van der Waals surface area contributed by atoms with Crippen molar-refractivity contribution in [3.05, 3.63) is 21.9 Å². The fraction of sp³-hybridized carbons (Fsp3) is 0.333. The molecular formula is C9H10N2O3S. The molecule has 0 aliphatic heterocycles. The van der Waals surface area contributed by atoms with Gasteiger partial charge in [-0.05, 0) is 17.0 Å². The predicted octanol–water partition coefficient (Wildman–Crippen LogP) is -0.111. The zero-order valence-corrected chi connectivity index (χ0v) is 8.57. The molecule has 0 saturated heterocycles. The molecule has 2 unspecified atom stereocenters. The highest BCUT2D eigenvalue weighted by Gasteiger charge is 2.21. The number of nitrogens with zero attached hydrogens (tertiary/aromatic N) is 1. The summed E-state index contributed by atoms with van der Waals surface area (Å²) < 4.78 is 0. The first-order valence-electron chi connectivity index (χ1n) is 4.17. The molecule has 80 valence electrons. The largest absolute Gasteiger partial charge is 0.390 e. The molecule has 15 heavy (non-hydrogen) atoms. The molecule has 0 aliphatic rings. The number of thiophene rings is 1. The second-order valence-electron chi connectivity index (χ2n) is 3.04. The Balaban J connectivity index is 2.71. The Kier molecular flexibility index (Phi) is 3.80. The van der Waals surface area contributed by atoms with Gasteiger partial charge in [-0.25, -0.2) is 0 Å². The lowest BCUT2D eigenvalue weighted by atomic mass is 10.0. The smallest absolute Gasteiger partial charge is 0.220 e. The molecule has 2 atom stereocenters. The fourth-order valence-corrected chi connectivity index (χ4v) is 1.83. The first-order chi connectivity index (χ1) is 7.04. The molecule has 1 aromatic rings. The maximum atomic E-state index is 10.5. The van der Waals surface area contributed by atoms with Crippen LogP contribution in [0.15, 0.2) is 11.4 Å². The lowest BCUT2D eigenvalue weighted by Gasteiger charge is -2.14. The van der Waals surface area contributed by atoms with Gasteiger partial charge in [-0.3, -0.25) is 4.79 Å². The number of primary amides is 1. The van der Waals surface area contributed by atoms with Crippen molar-refractivity contribution in [3.8, 4) is 6.07 Å². The van der Waals surface area contributed by atoms with Crippen molar-refractivity contribution in [1.29, 1.82) is 5.26 Å². The Hall–Kier alpha value is -1.42. The molecule has 1 rings (SSSR count). The van der Waals surface area contributed by atoms with E-state index in [0.717, 1.165) is 0 Å². The topological polar surface area (TPSA) is 107 Å². The second-order valence-corrected chi connectivity index (χ2v) is 3.95. The molecule has 0 saturated carbocycles. The summed E-state index contributed by atoms with van der Waals surface area (Å²) in [5.41, 5.74) is 5.30. The lowest BCUT2D eigenvalue weighted by molar-refractivity contribution is -0.121. The van der Waals surface area contributed by atoms with Crippen molar-refractivity contribution in [2.45, 2.75) is 18.6 Å². The van der Waals surface area contributed by atoms with E-state index in [-0.39, 0.29) is 6.42 Å². The van der Waals surface area contributed by atoms with Gasteiger partial charge in [-0.1, -0.05) is 0 Å². The SMILES string of the molecule is N#Cc1cc(C(O)C(O)CC(N)=O)cs1. The van der Waals surface area contributed by atoms with E-state index in [4.69, 9.17) is 11.0 Å². The number of carbonyl (C=O) groups excluding carboxylic acids is 1. The highest BCUT2D eigenvalue weighted by Crippen LogP contribution is 2.23. The average Bonchev–Trinajstić information content (AvgIpc) is 2.63. The Labute approximate surface area is 90.4 Å². The third kappa shape index (κ3) is 3.02. The summed E-state index contributed by atoms with van der Waals surface area (Å²) in [6.07, 6.45) is -2.72. The van der Waals surface area contributed by atoms with E-state index in [1.54, 1.807) is 5.38 Å². The number of hydrogen-bond donors (Lipinski definition) is 3. The fourth-order valence-electron chi connectivity index (χ4n) is 1.10. The number of nitrogens with two attached hydrogens (primary N) is 1. The van der Waals surface area contributed by atoms with Crippen molar-refractivity contribution in [1.82, 2.24) is 0 Å². The summed E-state index contributed by atoms with van der Waals surface area (Å²) >= 11 is 1.17. The van der Waals surface area contributed by atoms with E-state index >= 15 is 0 Å². The van der Waals surface area contributed by atoms with E-state index < -0.39 is 18.1 Å². The molecular weight excluding hydrogens is 216 g/mol. The predicted molar refractivity (Wildman–Crippen MR) is 53.8 cm³/mol. The van der Waals surface area contributed by atoms with Crippen LogP contribution in [0.25, 0.3) is 0 Å². The normalized spacial score (nSPS) is 14.2. The van der Waals surface area contributed by atoms with Crippen molar-refractivity contribution < 1.29 is 15.0 Å². The summed E-state index contributed by atoms with van der Waals surface area (Å²) in [6.45, 7) is 0. The van der Waals surface area contributed by atoms with Gasteiger partial charge in [0.1, 0.15) is 17.1 Å². The van der Waals surface area contributed by atoms with Crippen LogP contribution in [0.5, 0.6) is 0 Å². The average molecular weight is 226 g/mol. The van der Waals surface area contributed by atoms with Crippen LogP contribution < -0.4 is 5.73 Å². The number of aliphatic hydroxyl groups is 2. The summed E-state index contributed by atoms with van der Waals surface area (Å²) in [7, 11) is 0. The van der Waals surface area contributed by atoms with Crippen LogP contribution in [0.2, 0.25) is 0 Å². The van der Waals surface area contributed by atoms with Crippen molar-refractivity contribution in [2.75, 3.05) is 0 Å². The second kappa shape index (κ2) is 4.89. The Morgan fingerprint density at radius 3 is 2.80 bits per heavy atom. The minimum Gasteiger partial charge on any atom is -0.390 e. The Morgan fingerprint density at radius 1 is 1.67 bits per heavy atom. The van der Waals surface area contributed by atoms with Gasteiger partial charge >= 0.3 is 0 Å². The van der Waals surface area contributed by atoms with Crippen LogP contribution in [-0.2, 0) is 4.79 Å². The van der Waals surface area contributed by atoms with E-state index in [1.807, 2.05) is 6.07 Å². The number of nitriles is 1. The summed E-state index contributed by atoms with van der Waals surface area (Å²) in [4.78, 5) is 10.9. The highest BCUT2D eigenvalue weighted by molar-refractivity contribution is 7.10. The minimum atomic E-state index is -1.23. The maximum Gasteiger partial charge on any atom is 0.220 e. The highest BCUT2D eigenvalue weighted by atomic mass is 32.1. The standard InChI is InChI=1S/C9H10N2O3S/c10-3-6-1-5(4-15-6)9(14)7(12)2-8(11)13/h1,4,7,9,12,14H,2H2,(H2,11,13). The number of rotatable bonds is 4. The molecule has 0 bridgehead atoms. The molecule has 5 nitrogen and oxygen atoms in total. The van der Waals surface area contributed by atoms with E-state index in [9.17, 15) is 15.0 Å². The number of hydrogen-bond acceptors (Lipinski definition) is 5. The van der Waals surface area contributed by atoms with Gasteiger partial charge in [0, 0.05) is 0 Å². The van der Waals surface area contributed by atoms with Crippen LogP contribution in [0, 0.1) is 11.3 Å². The summed E-state index contributed by atoms with van der Waals surface area (Å²) in [5.74, 6) is -0.683. The third-order valence-electron chi connectivity index (χ3n) is 1.85. The monoisotopic (exact) mass is 226 g/mol. The quantitative estimate of drug-likeness (QED) is 0.665. The van der Waals surface area contributed by atoms with Gasteiger partial charge in [-0.15, -0.1) is 11.3 Å². The molecule has 4 N–H and O–H groups in total. The first kappa shape index (κ1) is 11.7. The van der Waals surface area contributed by atoms with Gasteiger partial charge < -0.3 is 15.9 Å². The van der Waals surface area contributed by atoms with Crippen molar-refractivity contribution in [3.63, 3.8) is 0 Å². The zero-order valence-electron chi connectivity index (χ0n) is 7.75. The lowest BCUT2D eigenvalue weighted by Crippen LogP contribution is -2.25. The zero-order chi connectivity index (χ0) is 11.4. The summed E-state index contributed by atoms with van der Waals surface area (Å²) in [6, 6.07) is 3.39. The van der Waals surface area contributed by atoms with Crippen LogP contribution in [0.3, 0.4) is 0 Å². The van der Waals surface area contributed by atoms with Crippen molar-refractivity contribution >= 4 is 17.2 Å². The number of amides is 1. The molecule has 0 aliphatic carbocycles.